The van der Waals surface area contributed by atoms with Crippen LogP contribution in [0.1, 0.15) is 66.2 Å². The highest BCUT2D eigenvalue weighted by Crippen LogP contribution is 2.40. The van der Waals surface area contributed by atoms with Crippen molar-refractivity contribution in [3.63, 3.8) is 0 Å². The maximum absolute atomic E-state index is 11.7. The van der Waals surface area contributed by atoms with Gasteiger partial charge in [-0.1, -0.05) is 27.2 Å². The third-order valence-corrected chi connectivity index (χ3v) is 4.03. The Morgan fingerprint density at radius 1 is 1.30 bits per heavy atom. The lowest BCUT2D eigenvalue weighted by Crippen LogP contribution is -2.33. The Balaban J connectivity index is 2.32. The molecular formula is C16H28O4. The molecule has 1 aliphatic rings. The summed E-state index contributed by atoms with van der Waals surface area (Å²) in [5.74, 6) is -0.365. The third kappa shape index (κ3) is 5.93. The van der Waals surface area contributed by atoms with E-state index in [1.165, 1.54) is 12.8 Å². The number of esters is 2. The van der Waals surface area contributed by atoms with E-state index >= 15 is 0 Å². The zero-order valence-corrected chi connectivity index (χ0v) is 13.2. The number of ether oxygens (including phenoxy) is 2. The van der Waals surface area contributed by atoms with Gasteiger partial charge in [0.15, 0.2) is 6.61 Å². The molecule has 0 N–H and O–H groups in total. The van der Waals surface area contributed by atoms with Crippen LogP contribution in [0.2, 0.25) is 0 Å². The van der Waals surface area contributed by atoms with Gasteiger partial charge in [0.25, 0.3) is 0 Å². The summed E-state index contributed by atoms with van der Waals surface area (Å²) in [4.78, 5) is 22.9. The highest BCUT2D eigenvalue weighted by Gasteiger charge is 2.32. The lowest BCUT2D eigenvalue weighted by Gasteiger charge is -2.37. The van der Waals surface area contributed by atoms with Gasteiger partial charge in [0.05, 0.1) is 0 Å². The summed E-state index contributed by atoms with van der Waals surface area (Å²) in [5, 5.41) is 0. The molecule has 2 atom stereocenters. The summed E-state index contributed by atoms with van der Waals surface area (Å²) in [5.41, 5.74) is 0.331. The first-order valence-electron chi connectivity index (χ1n) is 7.69. The number of rotatable bonds is 6. The molecule has 0 amide bonds. The van der Waals surface area contributed by atoms with Crippen LogP contribution in [0, 0.1) is 11.3 Å². The number of hydrogen-bond acceptors (Lipinski definition) is 4. The molecule has 0 spiro atoms. The van der Waals surface area contributed by atoms with Crippen molar-refractivity contribution in [2.75, 3.05) is 6.61 Å². The van der Waals surface area contributed by atoms with Crippen LogP contribution in [0.15, 0.2) is 0 Å². The van der Waals surface area contributed by atoms with Gasteiger partial charge in [-0.2, -0.15) is 0 Å². The minimum Gasteiger partial charge on any atom is -0.460 e. The summed E-state index contributed by atoms with van der Waals surface area (Å²) in [6.07, 6.45) is 5.57. The molecule has 0 bridgehead atoms. The summed E-state index contributed by atoms with van der Waals surface area (Å²) in [7, 11) is 0. The zero-order valence-electron chi connectivity index (χ0n) is 13.2. The lowest BCUT2D eigenvalue weighted by molar-refractivity contribution is -0.164. The van der Waals surface area contributed by atoms with Crippen molar-refractivity contribution in [1.82, 2.24) is 0 Å². The lowest BCUT2D eigenvalue weighted by atomic mass is 9.71. The van der Waals surface area contributed by atoms with Crippen LogP contribution in [-0.4, -0.2) is 24.6 Å². The molecule has 116 valence electrons. The monoisotopic (exact) mass is 284 g/mol. The van der Waals surface area contributed by atoms with Gasteiger partial charge in [-0.3, -0.25) is 4.79 Å². The van der Waals surface area contributed by atoms with Crippen molar-refractivity contribution in [1.29, 1.82) is 0 Å². The van der Waals surface area contributed by atoms with Gasteiger partial charge in [0.1, 0.15) is 6.10 Å². The second-order valence-electron chi connectivity index (χ2n) is 6.63. The predicted octanol–water partition coefficient (Wildman–Crippen LogP) is 3.48. The molecule has 0 aromatic heterocycles. The Morgan fingerprint density at radius 3 is 2.60 bits per heavy atom. The van der Waals surface area contributed by atoms with Gasteiger partial charge in [-0.15, -0.1) is 0 Å². The molecule has 0 aliphatic heterocycles. The molecule has 1 saturated carbocycles. The van der Waals surface area contributed by atoms with E-state index in [1.54, 1.807) is 0 Å². The smallest absolute Gasteiger partial charge is 0.344 e. The van der Waals surface area contributed by atoms with Crippen molar-refractivity contribution in [2.45, 2.75) is 72.3 Å². The number of carbonyl (C=O) groups is 2. The van der Waals surface area contributed by atoms with Crippen molar-refractivity contribution in [2.24, 2.45) is 11.3 Å². The average molecular weight is 284 g/mol. The molecule has 4 nitrogen and oxygen atoms in total. The Bertz CT molecular complexity index is 335. The van der Waals surface area contributed by atoms with E-state index in [1.807, 2.05) is 13.8 Å². The molecule has 0 aromatic carbocycles. The van der Waals surface area contributed by atoms with Crippen LogP contribution >= 0.6 is 0 Å². The van der Waals surface area contributed by atoms with Crippen molar-refractivity contribution < 1.29 is 19.1 Å². The fourth-order valence-electron chi connectivity index (χ4n) is 2.91. The van der Waals surface area contributed by atoms with Crippen molar-refractivity contribution >= 4 is 11.9 Å². The van der Waals surface area contributed by atoms with Gasteiger partial charge in [-0.25, -0.2) is 4.79 Å². The molecule has 2 unspecified atom stereocenters. The molecule has 1 aliphatic carbocycles. The quantitative estimate of drug-likeness (QED) is 0.701. The second-order valence-corrected chi connectivity index (χ2v) is 6.63. The van der Waals surface area contributed by atoms with Crippen LogP contribution in [-0.2, 0) is 19.1 Å². The molecular weight excluding hydrogens is 256 g/mol. The summed E-state index contributed by atoms with van der Waals surface area (Å²) in [6.45, 7) is 8.10. The van der Waals surface area contributed by atoms with Crippen LogP contribution in [0.3, 0.4) is 0 Å². The molecule has 20 heavy (non-hydrogen) atoms. The van der Waals surface area contributed by atoms with Gasteiger partial charge >= 0.3 is 11.9 Å². The molecule has 0 saturated heterocycles. The maximum Gasteiger partial charge on any atom is 0.344 e. The molecule has 1 rings (SSSR count). The van der Waals surface area contributed by atoms with Crippen molar-refractivity contribution in [3.8, 4) is 0 Å². The molecule has 0 aromatic rings. The van der Waals surface area contributed by atoms with Crippen LogP contribution in [0.5, 0.6) is 0 Å². The minimum absolute atomic E-state index is 0.105. The van der Waals surface area contributed by atoms with Gasteiger partial charge < -0.3 is 9.47 Å². The average Bonchev–Trinajstić information content (AvgIpc) is 2.35. The summed E-state index contributed by atoms with van der Waals surface area (Å²) in [6, 6.07) is 0. The molecule has 1 fully saturated rings. The Hall–Kier alpha value is -1.06. The van der Waals surface area contributed by atoms with E-state index in [0.29, 0.717) is 17.8 Å². The first-order valence-corrected chi connectivity index (χ1v) is 7.69. The first kappa shape index (κ1) is 17.0. The van der Waals surface area contributed by atoms with Gasteiger partial charge in [0, 0.05) is 6.42 Å². The van der Waals surface area contributed by atoms with Crippen molar-refractivity contribution in [3.05, 3.63) is 0 Å². The van der Waals surface area contributed by atoms with E-state index in [-0.39, 0.29) is 18.7 Å². The standard InChI is InChI=1S/C16H28O4/c1-5-7-14(17)19-11-15(18)20-12(2)13-8-6-9-16(3,4)10-13/h12-13H,5-11H2,1-4H3. The summed E-state index contributed by atoms with van der Waals surface area (Å²) >= 11 is 0. The molecule has 0 heterocycles. The van der Waals surface area contributed by atoms with Crippen LogP contribution in [0.25, 0.3) is 0 Å². The normalized spacial score (nSPS) is 22.9. The Kier molecular flexibility index (Phi) is 6.50. The maximum atomic E-state index is 11.7. The van der Waals surface area contributed by atoms with Gasteiger partial charge in [-0.05, 0) is 43.9 Å². The van der Waals surface area contributed by atoms with E-state index in [2.05, 4.69) is 13.8 Å². The van der Waals surface area contributed by atoms with Crippen LogP contribution in [0.4, 0.5) is 0 Å². The van der Waals surface area contributed by atoms with E-state index in [4.69, 9.17) is 9.47 Å². The largest absolute Gasteiger partial charge is 0.460 e. The SMILES string of the molecule is CCCC(=O)OCC(=O)OC(C)C1CCCC(C)(C)C1. The fourth-order valence-corrected chi connectivity index (χ4v) is 2.91. The Labute approximate surface area is 122 Å². The van der Waals surface area contributed by atoms with Crippen LogP contribution < -0.4 is 0 Å². The Morgan fingerprint density at radius 2 is 2.00 bits per heavy atom. The fraction of sp³-hybridized carbons (Fsp3) is 0.875. The molecule has 4 heteroatoms. The van der Waals surface area contributed by atoms with E-state index < -0.39 is 5.97 Å². The predicted molar refractivity (Wildman–Crippen MR) is 77.2 cm³/mol. The topological polar surface area (TPSA) is 52.6 Å². The zero-order chi connectivity index (χ0) is 15.2. The highest BCUT2D eigenvalue weighted by atomic mass is 16.6. The summed E-state index contributed by atoms with van der Waals surface area (Å²) < 4.78 is 10.3. The second kappa shape index (κ2) is 7.65. The van der Waals surface area contributed by atoms with Gasteiger partial charge in [0.2, 0.25) is 0 Å². The first-order chi connectivity index (χ1) is 9.34. The highest BCUT2D eigenvalue weighted by molar-refractivity contribution is 5.76. The third-order valence-electron chi connectivity index (χ3n) is 4.03. The minimum atomic E-state index is -0.440. The van der Waals surface area contributed by atoms with E-state index in [0.717, 1.165) is 19.3 Å². The number of hydrogen-bond donors (Lipinski definition) is 0. The molecule has 0 radical (unpaired) electrons. The van der Waals surface area contributed by atoms with E-state index in [9.17, 15) is 9.59 Å². The number of carbonyl (C=O) groups excluding carboxylic acids is 2.